The highest BCUT2D eigenvalue weighted by Gasteiger charge is 2.32. The molecule has 1 aromatic rings. The van der Waals surface area contributed by atoms with Crippen molar-refractivity contribution in [3.63, 3.8) is 0 Å². The molecule has 2 rings (SSSR count). The number of rotatable bonds is 6. The van der Waals surface area contributed by atoms with E-state index in [1.807, 2.05) is 0 Å². The van der Waals surface area contributed by atoms with Crippen LogP contribution in [0.3, 0.4) is 0 Å². The average Bonchev–Trinajstić information content (AvgIpc) is 3.12. The first-order chi connectivity index (χ1) is 8.56. The smallest absolute Gasteiger partial charge is 0.251 e. The van der Waals surface area contributed by atoms with E-state index in [0.717, 1.165) is 12.8 Å². The van der Waals surface area contributed by atoms with Gasteiger partial charge in [-0.25, -0.2) is 8.78 Å². The Morgan fingerprint density at radius 2 is 1.83 bits per heavy atom. The molecule has 0 saturated heterocycles. The molecule has 0 bridgehead atoms. The highest BCUT2D eigenvalue weighted by molar-refractivity contribution is 6.30. The minimum atomic E-state index is -2.36. The quantitative estimate of drug-likeness (QED) is 0.862. The van der Waals surface area contributed by atoms with Gasteiger partial charge in [-0.15, -0.1) is 0 Å². The number of benzene rings is 1. The number of alkyl halides is 2. The number of aliphatic hydroxyl groups excluding tert-OH is 1. The molecule has 0 spiro atoms. The van der Waals surface area contributed by atoms with Gasteiger partial charge in [-0.2, -0.15) is 0 Å². The Kier molecular flexibility index (Phi) is 4.54. The van der Waals surface area contributed by atoms with Gasteiger partial charge in [-0.3, -0.25) is 4.90 Å². The van der Waals surface area contributed by atoms with Crippen LogP contribution in [-0.4, -0.2) is 35.6 Å². The molecule has 0 aromatic heterocycles. The first-order valence-corrected chi connectivity index (χ1v) is 6.40. The lowest BCUT2D eigenvalue weighted by molar-refractivity contribution is 0.0503. The third-order valence-electron chi connectivity index (χ3n) is 3.10. The predicted molar refractivity (Wildman–Crippen MR) is 67.0 cm³/mol. The van der Waals surface area contributed by atoms with Crippen LogP contribution in [0.1, 0.15) is 24.5 Å². The molecule has 2 nitrogen and oxygen atoms in total. The van der Waals surface area contributed by atoms with E-state index in [1.54, 1.807) is 29.2 Å². The van der Waals surface area contributed by atoms with Crippen LogP contribution in [0.25, 0.3) is 0 Å². The molecule has 0 heterocycles. The first kappa shape index (κ1) is 13.7. The Bertz CT molecular complexity index is 381. The van der Waals surface area contributed by atoms with Crippen LogP contribution in [-0.2, 0) is 0 Å². The zero-order chi connectivity index (χ0) is 13.1. The number of aliphatic hydroxyl groups is 1. The van der Waals surface area contributed by atoms with Crippen molar-refractivity contribution < 1.29 is 13.9 Å². The molecule has 1 N–H and O–H groups in total. The van der Waals surface area contributed by atoms with Crippen LogP contribution in [0, 0.1) is 0 Å². The fraction of sp³-hybridized carbons (Fsp3) is 0.538. The summed E-state index contributed by atoms with van der Waals surface area (Å²) in [5.74, 6) is 0. The van der Waals surface area contributed by atoms with E-state index in [-0.39, 0.29) is 19.1 Å². The SMILES string of the molecule is OC(CN(CC(F)F)C1CC1)c1ccc(Cl)cc1. The van der Waals surface area contributed by atoms with E-state index in [4.69, 9.17) is 11.6 Å². The van der Waals surface area contributed by atoms with Crippen LogP contribution in [0.15, 0.2) is 24.3 Å². The molecule has 0 aliphatic heterocycles. The van der Waals surface area contributed by atoms with E-state index < -0.39 is 12.5 Å². The lowest BCUT2D eigenvalue weighted by Gasteiger charge is -2.24. The number of nitrogens with zero attached hydrogens (tertiary/aromatic N) is 1. The fourth-order valence-electron chi connectivity index (χ4n) is 2.00. The summed E-state index contributed by atoms with van der Waals surface area (Å²) in [4.78, 5) is 1.67. The zero-order valence-corrected chi connectivity index (χ0v) is 10.7. The second-order valence-corrected chi connectivity index (χ2v) is 5.08. The van der Waals surface area contributed by atoms with Gasteiger partial charge < -0.3 is 5.11 Å². The molecule has 1 aliphatic rings. The lowest BCUT2D eigenvalue weighted by Crippen LogP contribution is -2.34. The molecule has 1 atom stereocenters. The van der Waals surface area contributed by atoms with Crippen molar-refractivity contribution in [3.05, 3.63) is 34.9 Å². The Hall–Kier alpha value is -0.710. The number of hydrogen-bond acceptors (Lipinski definition) is 2. The maximum atomic E-state index is 12.4. The third-order valence-corrected chi connectivity index (χ3v) is 3.35. The van der Waals surface area contributed by atoms with Crippen molar-refractivity contribution in [3.8, 4) is 0 Å². The monoisotopic (exact) mass is 275 g/mol. The Labute approximate surface area is 110 Å². The Morgan fingerprint density at radius 3 is 2.33 bits per heavy atom. The Balaban J connectivity index is 1.95. The number of halogens is 3. The van der Waals surface area contributed by atoms with E-state index in [9.17, 15) is 13.9 Å². The van der Waals surface area contributed by atoms with Crippen molar-refractivity contribution in [1.29, 1.82) is 0 Å². The fourth-order valence-corrected chi connectivity index (χ4v) is 2.13. The average molecular weight is 276 g/mol. The van der Waals surface area contributed by atoms with Gasteiger partial charge in [0.2, 0.25) is 0 Å². The summed E-state index contributed by atoms with van der Waals surface area (Å²) in [6, 6.07) is 7.03. The van der Waals surface area contributed by atoms with Crippen molar-refractivity contribution in [2.45, 2.75) is 31.4 Å². The van der Waals surface area contributed by atoms with Gasteiger partial charge in [0, 0.05) is 17.6 Å². The zero-order valence-electron chi connectivity index (χ0n) is 9.90. The normalized spacial score (nSPS) is 17.4. The maximum absolute atomic E-state index is 12.4. The Morgan fingerprint density at radius 1 is 1.22 bits per heavy atom. The number of hydrogen-bond donors (Lipinski definition) is 1. The molecule has 100 valence electrons. The van der Waals surface area contributed by atoms with Gasteiger partial charge in [-0.1, -0.05) is 23.7 Å². The molecular weight excluding hydrogens is 260 g/mol. The molecular formula is C13H16ClF2NO. The highest BCUT2D eigenvalue weighted by atomic mass is 35.5. The third kappa shape index (κ3) is 3.90. The summed E-state index contributed by atoms with van der Waals surface area (Å²) in [6.07, 6.45) is -1.22. The van der Waals surface area contributed by atoms with Gasteiger partial charge >= 0.3 is 0 Å². The van der Waals surface area contributed by atoms with E-state index in [0.29, 0.717) is 10.6 Å². The standard InChI is InChI=1S/C13H16ClF2NO/c14-10-3-1-9(2-4-10)12(18)7-17(8-13(15)16)11-5-6-11/h1-4,11-13,18H,5-8H2. The van der Waals surface area contributed by atoms with Gasteiger partial charge in [0.05, 0.1) is 12.6 Å². The molecule has 0 radical (unpaired) electrons. The van der Waals surface area contributed by atoms with Crippen molar-refractivity contribution >= 4 is 11.6 Å². The summed E-state index contributed by atoms with van der Waals surface area (Å²) >= 11 is 5.76. The van der Waals surface area contributed by atoms with E-state index in [2.05, 4.69) is 0 Å². The van der Waals surface area contributed by atoms with Gasteiger partial charge in [0.25, 0.3) is 6.43 Å². The summed E-state index contributed by atoms with van der Waals surface area (Å²) in [7, 11) is 0. The van der Waals surface area contributed by atoms with Crippen LogP contribution >= 0.6 is 11.6 Å². The van der Waals surface area contributed by atoms with E-state index in [1.165, 1.54) is 0 Å². The minimum absolute atomic E-state index is 0.209. The van der Waals surface area contributed by atoms with Crippen LogP contribution in [0.4, 0.5) is 8.78 Å². The van der Waals surface area contributed by atoms with Gasteiger partial charge in [0.15, 0.2) is 0 Å². The topological polar surface area (TPSA) is 23.5 Å². The molecule has 18 heavy (non-hydrogen) atoms. The molecule has 5 heteroatoms. The molecule has 1 fully saturated rings. The first-order valence-electron chi connectivity index (χ1n) is 6.02. The second-order valence-electron chi connectivity index (χ2n) is 4.64. The maximum Gasteiger partial charge on any atom is 0.251 e. The summed E-state index contributed by atoms with van der Waals surface area (Å²) in [5.41, 5.74) is 0.708. The molecule has 1 aromatic carbocycles. The van der Waals surface area contributed by atoms with Gasteiger partial charge in [0.1, 0.15) is 0 Å². The van der Waals surface area contributed by atoms with Crippen molar-refractivity contribution in [2.24, 2.45) is 0 Å². The highest BCUT2D eigenvalue weighted by Crippen LogP contribution is 2.29. The largest absolute Gasteiger partial charge is 0.387 e. The second kappa shape index (κ2) is 5.95. The summed E-state index contributed by atoms with van der Waals surface area (Å²) in [6.45, 7) is -0.0219. The van der Waals surface area contributed by atoms with Gasteiger partial charge in [-0.05, 0) is 30.5 Å². The molecule has 1 aliphatic carbocycles. The van der Waals surface area contributed by atoms with E-state index >= 15 is 0 Å². The van der Waals surface area contributed by atoms with Crippen LogP contribution < -0.4 is 0 Å². The van der Waals surface area contributed by atoms with Crippen molar-refractivity contribution in [1.82, 2.24) is 4.90 Å². The molecule has 1 unspecified atom stereocenters. The summed E-state index contributed by atoms with van der Waals surface area (Å²) in [5, 5.41) is 10.6. The molecule has 0 amide bonds. The summed E-state index contributed by atoms with van der Waals surface area (Å²) < 4.78 is 24.9. The van der Waals surface area contributed by atoms with Crippen LogP contribution in [0.2, 0.25) is 5.02 Å². The van der Waals surface area contributed by atoms with Crippen molar-refractivity contribution in [2.75, 3.05) is 13.1 Å². The lowest BCUT2D eigenvalue weighted by atomic mass is 10.1. The van der Waals surface area contributed by atoms with Crippen LogP contribution in [0.5, 0.6) is 0 Å². The molecule has 1 saturated carbocycles. The predicted octanol–water partition coefficient (Wildman–Crippen LogP) is 3.10. The minimum Gasteiger partial charge on any atom is -0.387 e.